The summed E-state index contributed by atoms with van der Waals surface area (Å²) in [6.45, 7) is 5.46. The van der Waals surface area contributed by atoms with Gasteiger partial charge in [0.05, 0.1) is 11.6 Å². The van der Waals surface area contributed by atoms with E-state index in [2.05, 4.69) is 20.2 Å². The maximum atomic E-state index is 12.7. The van der Waals surface area contributed by atoms with Gasteiger partial charge in [0.1, 0.15) is 0 Å². The Bertz CT molecular complexity index is 734. The zero-order chi connectivity index (χ0) is 17.2. The fourth-order valence-corrected chi connectivity index (χ4v) is 3.73. The van der Waals surface area contributed by atoms with Gasteiger partial charge in [-0.05, 0) is 50.8 Å². The van der Waals surface area contributed by atoms with E-state index in [-0.39, 0.29) is 5.92 Å². The van der Waals surface area contributed by atoms with E-state index in [9.17, 15) is 4.79 Å². The fraction of sp³-hybridized carbons (Fsp3) is 0.556. The van der Waals surface area contributed by atoms with Crippen LogP contribution in [0.3, 0.4) is 0 Å². The second kappa shape index (κ2) is 6.82. The van der Waals surface area contributed by atoms with Crippen LogP contribution in [0.25, 0.3) is 5.82 Å². The maximum absolute atomic E-state index is 12.7. The number of hydrogen-bond acceptors (Lipinski definition) is 5. The van der Waals surface area contributed by atoms with Crippen LogP contribution in [0.15, 0.2) is 24.4 Å². The van der Waals surface area contributed by atoms with Gasteiger partial charge in [-0.15, -0.1) is 10.2 Å². The molecule has 0 radical (unpaired) electrons. The molecule has 0 spiro atoms. The number of likely N-dealkylation sites (tertiary alicyclic amines) is 1. The zero-order valence-corrected chi connectivity index (χ0v) is 14.6. The van der Waals surface area contributed by atoms with Crippen LogP contribution < -0.4 is 4.90 Å². The maximum Gasteiger partial charge on any atom is 0.227 e. The van der Waals surface area contributed by atoms with Crippen molar-refractivity contribution in [3.8, 4) is 5.82 Å². The molecule has 0 N–H and O–H groups in total. The molecule has 0 aromatic carbocycles. The number of carbonyl (C=O) groups excluding carboxylic acids is 1. The van der Waals surface area contributed by atoms with Gasteiger partial charge < -0.3 is 9.80 Å². The predicted molar refractivity (Wildman–Crippen MR) is 94.6 cm³/mol. The summed E-state index contributed by atoms with van der Waals surface area (Å²) in [7, 11) is 0. The molecule has 1 atom stereocenters. The number of hydrogen-bond donors (Lipinski definition) is 0. The Labute approximate surface area is 147 Å². The monoisotopic (exact) mass is 340 g/mol. The number of anilines is 1. The second-order valence-electron chi connectivity index (χ2n) is 6.97. The van der Waals surface area contributed by atoms with Gasteiger partial charge in [0, 0.05) is 32.4 Å². The van der Waals surface area contributed by atoms with Gasteiger partial charge in [-0.3, -0.25) is 4.79 Å². The molecule has 4 rings (SSSR count). The van der Waals surface area contributed by atoms with Crippen molar-refractivity contribution in [2.75, 3.05) is 31.1 Å². The van der Waals surface area contributed by atoms with Crippen LogP contribution >= 0.6 is 0 Å². The van der Waals surface area contributed by atoms with Gasteiger partial charge in [-0.25, -0.2) is 4.68 Å². The highest BCUT2D eigenvalue weighted by Crippen LogP contribution is 2.24. The van der Waals surface area contributed by atoms with Crippen LogP contribution in [0.5, 0.6) is 0 Å². The minimum absolute atomic E-state index is 0.0853. The first-order valence-corrected chi connectivity index (χ1v) is 9.11. The number of nitrogens with zero attached hydrogens (tertiary/aromatic N) is 6. The molecule has 7 nitrogen and oxygen atoms in total. The van der Waals surface area contributed by atoms with Gasteiger partial charge in [0.15, 0.2) is 11.6 Å². The number of carbonyl (C=O) groups is 1. The first-order chi connectivity index (χ1) is 12.2. The van der Waals surface area contributed by atoms with Gasteiger partial charge in [-0.1, -0.05) is 0 Å². The average Bonchev–Trinajstić information content (AvgIpc) is 3.33. The average molecular weight is 340 g/mol. The smallest absolute Gasteiger partial charge is 0.227 e. The van der Waals surface area contributed by atoms with E-state index >= 15 is 0 Å². The molecular weight excluding hydrogens is 316 g/mol. The molecule has 2 fully saturated rings. The summed E-state index contributed by atoms with van der Waals surface area (Å²) in [6.07, 6.45) is 6.16. The third-order valence-corrected chi connectivity index (χ3v) is 5.11. The first-order valence-electron chi connectivity index (χ1n) is 9.11. The van der Waals surface area contributed by atoms with E-state index in [1.807, 2.05) is 36.2 Å². The van der Waals surface area contributed by atoms with Crippen molar-refractivity contribution in [3.63, 3.8) is 0 Å². The minimum Gasteiger partial charge on any atom is -0.354 e. The quantitative estimate of drug-likeness (QED) is 0.852. The van der Waals surface area contributed by atoms with Crippen molar-refractivity contribution in [1.29, 1.82) is 0 Å². The van der Waals surface area contributed by atoms with E-state index in [0.717, 1.165) is 63.4 Å². The van der Waals surface area contributed by atoms with Crippen molar-refractivity contribution >= 4 is 11.7 Å². The van der Waals surface area contributed by atoms with E-state index in [0.29, 0.717) is 11.7 Å². The molecule has 2 aromatic heterocycles. The molecule has 25 heavy (non-hydrogen) atoms. The largest absolute Gasteiger partial charge is 0.354 e. The van der Waals surface area contributed by atoms with Crippen LogP contribution in [0.2, 0.25) is 0 Å². The van der Waals surface area contributed by atoms with Crippen molar-refractivity contribution in [3.05, 3.63) is 30.1 Å². The molecule has 2 saturated heterocycles. The molecule has 2 aromatic rings. The van der Waals surface area contributed by atoms with E-state index in [4.69, 9.17) is 0 Å². The lowest BCUT2D eigenvalue weighted by atomic mass is 9.96. The Morgan fingerprint density at radius 3 is 2.48 bits per heavy atom. The van der Waals surface area contributed by atoms with Gasteiger partial charge in [0.25, 0.3) is 0 Å². The number of rotatable bonds is 3. The third kappa shape index (κ3) is 3.36. The number of aromatic nitrogens is 4. The normalized spacial score (nSPS) is 20.9. The Kier molecular flexibility index (Phi) is 4.38. The van der Waals surface area contributed by atoms with Gasteiger partial charge in [-0.2, -0.15) is 5.10 Å². The lowest BCUT2D eigenvalue weighted by Crippen LogP contribution is -2.44. The summed E-state index contributed by atoms with van der Waals surface area (Å²) < 4.78 is 1.72. The zero-order valence-electron chi connectivity index (χ0n) is 14.6. The topological polar surface area (TPSA) is 67.2 Å². The van der Waals surface area contributed by atoms with Crippen molar-refractivity contribution < 1.29 is 4.79 Å². The van der Waals surface area contributed by atoms with E-state index < -0.39 is 0 Å². The van der Waals surface area contributed by atoms with Crippen LogP contribution in [0, 0.1) is 12.8 Å². The second-order valence-corrected chi connectivity index (χ2v) is 6.97. The Balaban J connectivity index is 1.45. The molecule has 1 amide bonds. The predicted octanol–water partition coefficient (Wildman–Crippen LogP) is 1.81. The molecule has 0 aliphatic carbocycles. The van der Waals surface area contributed by atoms with Gasteiger partial charge >= 0.3 is 0 Å². The van der Waals surface area contributed by atoms with Crippen LogP contribution in [0.1, 0.15) is 31.4 Å². The van der Waals surface area contributed by atoms with Crippen LogP contribution in [0.4, 0.5) is 5.82 Å². The molecule has 7 heteroatoms. The molecule has 132 valence electrons. The fourth-order valence-electron chi connectivity index (χ4n) is 3.73. The first kappa shape index (κ1) is 16.1. The van der Waals surface area contributed by atoms with Crippen molar-refractivity contribution in [2.24, 2.45) is 5.92 Å². The molecule has 0 bridgehead atoms. The molecule has 0 saturated carbocycles. The number of aryl methyl sites for hydroxylation is 1. The van der Waals surface area contributed by atoms with Crippen LogP contribution in [-0.4, -0.2) is 57.0 Å². The summed E-state index contributed by atoms with van der Waals surface area (Å²) in [5.41, 5.74) is 0.949. The lowest BCUT2D eigenvalue weighted by molar-refractivity contribution is -0.134. The minimum atomic E-state index is 0.0853. The number of amides is 1. The summed E-state index contributed by atoms with van der Waals surface area (Å²) >= 11 is 0. The lowest BCUT2D eigenvalue weighted by Gasteiger charge is -2.34. The summed E-state index contributed by atoms with van der Waals surface area (Å²) in [5, 5.41) is 13.0. The van der Waals surface area contributed by atoms with E-state index in [1.165, 1.54) is 0 Å². The summed E-state index contributed by atoms with van der Waals surface area (Å²) in [6, 6.07) is 5.84. The van der Waals surface area contributed by atoms with Gasteiger partial charge in [0.2, 0.25) is 5.91 Å². The Morgan fingerprint density at radius 2 is 1.80 bits per heavy atom. The third-order valence-electron chi connectivity index (χ3n) is 5.11. The summed E-state index contributed by atoms with van der Waals surface area (Å²) in [5.74, 6) is 1.95. The SMILES string of the molecule is Cc1ccn(-c2ccc(N3CCC[C@@H](C(=O)N4CCCC4)C3)nn2)n1. The number of piperidine rings is 1. The van der Waals surface area contributed by atoms with E-state index in [1.54, 1.807) is 4.68 Å². The Morgan fingerprint density at radius 1 is 1.04 bits per heavy atom. The molecule has 4 heterocycles. The van der Waals surface area contributed by atoms with Crippen LogP contribution in [-0.2, 0) is 4.79 Å². The van der Waals surface area contributed by atoms with Crippen molar-refractivity contribution in [2.45, 2.75) is 32.6 Å². The standard InChI is InChI=1S/C18H24N6O/c1-14-8-12-24(21-14)17-7-6-16(19-20-17)23-11-4-5-15(13-23)18(25)22-9-2-3-10-22/h6-8,12,15H,2-5,9-11,13H2,1H3/t15-/m1/s1. The molecule has 2 aliphatic rings. The highest BCUT2D eigenvalue weighted by Gasteiger charge is 2.31. The summed E-state index contributed by atoms with van der Waals surface area (Å²) in [4.78, 5) is 16.9. The van der Waals surface area contributed by atoms with Crippen molar-refractivity contribution in [1.82, 2.24) is 24.9 Å². The Hall–Kier alpha value is -2.44. The molecular formula is C18H24N6O. The molecule has 2 aliphatic heterocycles. The highest BCUT2D eigenvalue weighted by molar-refractivity contribution is 5.80. The molecule has 0 unspecified atom stereocenters. The highest BCUT2D eigenvalue weighted by atomic mass is 16.2.